The molecule has 0 aromatic carbocycles. The van der Waals surface area contributed by atoms with Crippen molar-refractivity contribution in [3.05, 3.63) is 29.0 Å². The van der Waals surface area contributed by atoms with Crippen LogP contribution in [-0.4, -0.2) is 17.1 Å². The van der Waals surface area contributed by atoms with Crippen LogP contribution in [0.3, 0.4) is 0 Å². The highest BCUT2D eigenvalue weighted by Crippen LogP contribution is 2.22. The summed E-state index contributed by atoms with van der Waals surface area (Å²) >= 11 is 5.76. The summed E-state index contributed by atoms with van der Waals surface area (Å²) in [5, 5.41) is 0.503. The number of nitrogens with zero attached hydrogens (tertiary/aromatic N) is 1. The van der Waals surface area contributed by atoms with Crippen molar-refractivity contribution in [2.75, 3.05) is 0 Å². The molecule has 0 spiro atoms. The third-order valence-electron chi connectivity index (χ3n) is 2.51. The molecule has 1 aliphatic rings. The molecule has 0 N–H and O–H groups in total. The van der Waals surface area contributed by atoms with Gasteiger partial charge in [0.1, 0.15) is 11.8 Å². The quantitative estimate of drug-likeness (QED) is 0.727. The van der Waals surface area contributed by atoms with Crippen molar-refractivity contribution in [2.45, 2.75) is 31.8 Å². The van der Waals surface area contributed by atoms with E-state index in [0.29, 0.717) is 5.02 Å². The molecule has 1 aromatic rings. The van der Waals surface area contributed by atoms with Gasteiger partial charge in [0.2, 0.25) is 0 Å². The highest BCUT2D eigenvalue weighted by Gasteiger charge is 2.20. The van der Waals surface area contributed by atoms with Crippen molar-refractivity contribution in [3.63, 3.8) is 0 Å². The molecular weight excluding hydrogens is 214 g/mol. The molecular formula is C11H12ClNO2. The van der Waals surface area contributed by atoms with E-state index in [1.807, 2.05) is 0 Å². The zero-order valence-corrected chi connectivity index (χ0v) is 9.04. The van der Waals surface area contributed by atoms with Gasteiger partial charge in [-0.15, -0.1) is 0 Å². The molecule has 1 heterocycles. The summed E-state index contributed by atoms with van der Waals surface area (Å²) in [6.07, 6.45) is 5.78. The number of halogens is 1. The van der Waals surface area contributed by atoms with Gasteiger partial charge < -0.3 is 4.74 Å². The zero-order chi connectivity index (χ0) is 10.7. The molecule has 3 nitrogen and oxygen atoms in total. The van der Waals surface area contributed by atoms with Crippen molar-refractivity contribution in [1.82, 2.24) is 4.98 Å². The molecule has 0 amide bonds. The Bertz CT molecular complexity index is 361. The van der Waals surface area contributed by atoms with Crippen molar-refractivity contribution in [1.29, 1.82) is 0 Å². The van der Waals surface area contributed by atoms with Crippen LogP contribution < -0.4 is 0 Å². The van der Waals surface area contributed by atoms with E-state index in [4.69, 9.17) is 16.3 Å². The maximum Gasteiger partial charge on any atom is 0.357 e. The molecule has 0 bridgehead atoms. The molecule has 0 radical (unpaired) electrons. The summed E-state index contributed by atoms with van der Waals surface area (Å²) < 4.78 is 5.29. The van der Waals surface area contributed by atoms with Crippen LogP contribution in [0.5, 0.6) is 0 Å². The van der Waals surface area contributed by atoms with E-state index >= 15 is 0 Å². The summed E-state index contributed by atoms with van der Waals surface area (Å²) in [4.78, 5) is 15.5. The lowest BCUT2D eigenvalue weighted by Crippen LogP contribution is -2.15. The minimum atomic E-state index is -0.371. The third kappa shape index (κ3) is 2.69. The highest BCUT2D eigenvalue weighted by molar-refractivity contribution is 6.30. The second-order valence-corrected chi connectivity index (χ2v) is 4.11. The minimum Gasteiger partial charge on any atom is -0.458 e. The Morgan fingerprint density at radius 2 is 2.20 bits per heavy atom. The second-order valence-electron chi connectivity index (χ2n) is 3.67. The lowest BCUT2D eigenvalue weighted by atomic mass is 10.3. The van der Waals surface area contributed by atoms with Crippen LogP contribution >= 0.6 is 11.6 Å². The molecule has 0 atom stereocenters. The molecule has 4 heteroatoms. The number of carbonyl (C=O) groups excluding carboxylic acids is 1. The Morgan fingerprint density at radius 3 is 2.87 bits per heavy atom. The molecule has 80 valence electrons. The number of aromatic nitrogens is 1. The van der Waals surface area contributed by atoms with Crippen molar-refractivity contribution < 1.29 is 9.53 Å². The van der Waals surface area contributed by atoms with Crippen LogP contribution in [0.1, 0.15) is 36.2 Å². The Balaban J connectivity index is 2.01. The maximum atomic E-state index is 11.6. The number of ether oxygens (including phenoxy) is 1. The van der Waals surface area contributed by atoms with E-state index in [1.165, 1.54) is 12.3 Å². The second kappa shape index (κ2) is 4.62. The molecule has 0 saturated heterocycles. The topological polar surface area (TPSA) is 39.2 Å². The Kier molecular flexibility index (Phi) is 3.21. The van der Waals surface area contributed by atoms with Gasteiger partial charge >= 0.3 is 5.97 Å². The number of carbonyl (C=O) groups is 1. The zero-order valence-electron chi connectivity index (χ0n) is 8.28. The van der Waals surface area contributed by atoms with Crippen LogP contribution in [0.4, 0.5) is 0 Å². The Labute approximate surface area is 93.4 Å². The van der Waals surface area contributed by atoms with Gasteiger partial charge in [-0.3, -0.25) is 0 Å². The molecule has 1 aliphatic carbocycles. The number of hydrogen-bond acceptors (Lipinski definition) is 3. The molecule has 0 unspecified atom stereocenters. The van der Waals surface area contributed by atoms with Gasteiger partial charge in [-0.05, 0) is 37.8 Å². The van der Waals surface area contributed by atoms with Crippen molar-refractivity contribution in [3.8, 4) is 0 Å². The fourth-order valence-corrected chi connectivity index (χ4v) is 1.89. The predicted octanol–water partition coefficient (Wildman–Crippen LogP) is 2.83. The first-order chi connectivity index (χ1) is 7.25. The van der Waals surface area contributed by atoms with Crippen molar-refractivity contribution >= 4 is 17.6 Å². The van der Waals surface area contributed by atoms with Crippen LogP contribution in [-0.2, 0) is 4.74 Å². The monoisotopic (exact) mass is 225 g/mol. The van der Waals surface area contributed by atoms with Gasteiger partial charge in [0.15, 0.2) is 0 Å². The van der Waals surface area contributed by atoms with Gasteiger partial charge in [0.05, 0.1) is 0 Å². The van der Waals surface area contributed by atoms with Gasteiger partial charge in [-0.25, -0.2) is 9.78 Å². The van der Waals surface area contributed by atoms with Gasteiger partial charge in [0, 0.05) is 11.2 Å². The molecule has 0 aliphatic heterocycles. The number of pyridine rings is 1. The first-order valence-corrected chi connectivity index (χ1v) is 5.46. The summed E-state index contributed by atoms with van der Waals surface area (Å²) in [6, 6.07) is 3.16. The first-order valence-electron chi connectivity index (χ1n) is 5.08. The van der Waals surface area contributed by atoms with Crippen LogP contribution in [0.25, 0.3) is 0 Å². The van der Waals surface area contributed by atoms with E-state index in [1.54, 1.807) is 6.07 Å². The third-order valence-corrected chi connectivity index (χ3v) is 2.74. The standard InChI is InChI=1S/C11H12ClNO2/c12-8-5-6-13-10(7-8)11(14)15-9-3-1-2-4-9/h5-7,9H,1-4H2. The molecule has 1 aromatic heterocycles. The van der Waals surface area contributed by atoms with E-state index in [0.717, 1.165) is 25.7 Å². The predicted molar refractivity (Wildman–Crippen MR) is 56.9 cm³/mol. The Morgan fingerprint density at radius 1 is 1.47 bits per heavy atom. The summed E-state index contributed by atoms with van der Waals surface area (Å²) in [5.74, 6) is -0.371. The van der Waals surface area contributed by atoms with E-state index in [2.05, 4.69) is 4.98 Å². The van der Waals surface area contributed by atoms with Gasteiger partial charge in [-0.2, -0.15) is 0 Å². The fraction of sp³-hybridized carbons (Fsp3) is 0.455. The van der Waals surface area contributed by atoms with Crippen LogP contribution in [0.2, 0.25) is 5.02 Å². The number of hydrogen-bond donors (Lipinski definition) is 0. The molecule has 2 rings (SSSR count). The average molecular weight is 226 g/mol. The Hall–Kier alpha value is -1.09. The molecule has 1 fully saturated rings. The van der Waals surface area contributed by atoms with Gasteiger partial charge in [0.25, 0.3) is 0 Å². The normalized spacial score (nSPS) is 16.6. The van der Waals surface area contributed by atoms with E-state index in [9.17, 15) is 4.79 Å². The SMILES string of the molecule is O=C(OC1CCCC1)c1cc(Cl)ccn1. The average Bonchev–Trinajstić information content (AvgIpc) is 2.70. The molecule has 15 heavy (non-hydrogen) atoms. The van der Waals surface area contributed by atoms with E-state index < -0.39 is 0 Å². The number of esters is 1. The lowest BCUT2D eigenvalue weighted by molar-refractivity contribution is 0.0311. The van der Waals surface area contributed by atoms with Crippen molar-refractivity contribution in [2.24, 2.45) is 0 Å². The lowest BCUT2D eigenvalue weighted by Gasteiger charge is -2.10. The minimum absolute atomic E-state index is 0.0679. The first kappa shape index (κ1) is 10.4. The highest BCUT2D eigenvalue weighted by atomic mass is 35.5. The summed E-state index contributed by atoms with van der Waals surface area (Å²) in [7, 11) is 0. The van der Waals surface area contributed by atoms with E-state index in [-0.39, 0.29) is 17.8 Å². The number of rotatable bonds is 2. The summed E-state index contributed by atoms with van der Waals surface area (Å²) in [6.45, 7) is 0. The summed E-state index contributed by atoms with van der Waals surface area (Å²) in [5.41, 5.74) is 0.286. The largest absolute Gasteiger partial charge is 0.458 e. The fourth-order valence-electron chi connectivity index (χ4n) is 1.73. The maximum absolute atomic E-state index is 11.6. The smallest absolute Gasteiger partial charge is 0.357 e. The van der Waals surface area contributed by atoms with Crippen LogP contribution in [0, 0.1) is 0 Å². The molecule has 1 saturated carbocycles. The van der Waals surface area contributed by atoms with Gasteiger partial charge in [-0.1, -0.05) is 11.6 Å². The van der Waals surface area contributed by atoms with Crippen LogP contribution in [0.15, 0.2) is 18.3 Å².